The molecule has 0 aliphatic carbocycles. The molecule has 0 aromatic carbocycles. The van der Waals surface area contributed by atoms with Crippen molar-refractivity contribution < 1.29 is 0 Å². The number of nitrogens with zero attached hydrogens (tertiary/aromatic N) is 1. The zero-order chi connectivity index (χ0) is 12.1. The molecule has 1 unspecified atom stereocenters. The van der Waals surface area contributed by atoms with Crippen LogP contribution in [0.25, 0.3) is 0 Å². The van der Waals surface area contributed by atoms with Gasteiger partial charge < -0.3 is 10.2 Å². The van der Waals surface area contributed by atoms with E-state index < -0.39 is 0 Å². The van der Waals surface area contributed by atoms with E-state index in [9.17, 15) is 0 Å². The van der Waals surface area contributed by atoms with Crippen LogP contribution in [0.5, 0.6) is 0 Å². The number of nitrogens with one attached hydrogen (secondary N) is 1. The lowest BCUT2D eigenvalue weighted by Gasteiger charge is -2.35. The van der Waals surface area contributed by atoms with Gasteiger partial charge in [0.25, 0.3) is 0 Å². The Hall–Kier alpha value is -0.0800. The molecule has 2 nitrogen and oxygen atoms in total. The summed E-state index contributed by atoms with van der Waals surface area (Å²) >= 11 is 0. The highest BCUT2D eigenvalue weighted by atomic mass is 15.1. The van der Waals surface area contributed by atoms with E-state index in [1.54, 1.807) is 0 Å². The molecule has 0 aliphatic rings. The topological polar surface area (TPSA) is 15.3 Å². The number of rotatable bonds is 6. The minimum Gasteiger partial charge on any atom is -0.312 e. The van der Waals surface area contributed by atoms with Gasteiger partial charge in [0.1, 0.15) is 0 Å². The van der Waals surface area contributed by atoms with Crippen LogP contribution < -0.4 is 5.32 Å². The molecule has 0 saturated carbocycles. The molecule has 0 bridgehead atoms. The second-order valence-electron chi connectivity index (χ2n) is 6.09. The van der Waals surface area contributed by atoms with Crippen molar-refractivity contribution in [2.24, 2.45) is 11.3 Å². The van der Waals surface area contributed by atoms with Crippen molar-refractivity contribution in [3.05, 3.63) is 0 Å². The molecule has 0 saturated heterocycles. The first kappa shape index (κ1) is 14.9. The third kappa shape index (κ3) is 6.91. The molecule has 92 valence electrons. The first-order valence-electron chi connectivity index (χ1n) is 6.19. The van der Waals surface area contributed by atoms with Crippen LogP contribution in [0.4, 0.5) is 0 Å². The average Bonchev–Trinajstić information content (AvgIpc) is 2.00. The van der Waals surface area contributed by atoms with E-state index in [1.807, 2.05) is 0 Å². The van der Waals surface area contributed by atoms with Gasteiger partial charge in [-0.25, -0.2) is 0 Å². The predicted molar refractivity (Wildman–Crippen MR) is 69.3 cm³/mol. The van der Waals surface area contributed by atoms with E-state index in [1.165, 1.54) is 6.54 Å². The Morgan fingerprint density at radius 3 is 2.00 bits per heavy atom. The second kappa shape index (κ2) is 6.49. The smallest absolute Gasteiger partial charge is 0.0243 e. The van der Waals surface area contributed by atoms with Crippen LogP contribution in [-0.4, -0.2) is 37.6 Å². The van der Waals surface area contributed by atoms with Crippen LogP contribution in [0.1, 0.15) is 41.5 Å². The molecule has 0 heterocycles. The largest absolute Gasteiger partial charge is 0.312 e. The Balaban J connectivity index is 4.16. The predicted octanol–water partition coefficient (Wildman–Crippen LogP) is 2.60. The zero-order valence-electron chi connectivity index (χ0n) is 11.7. The van der Waals surface area contributed by atoms with Gasteiger partial charge in [0.15, 0.2) is 0 Å². The molecule has 0 aliphatic heterocycles. The minimum absolute atomic E-state index is 0.335. The van der Waals surface area contributed by atoms with Crippen molar-refractivity contribution in [3.8, 4) is 0 Å². The SMILES string of the molecule is CCNC(CN(C)CC(C)C)C(C)(C)C. The lowest BCUT2D eigenvalue weighted by atomic mass is 9.86. The van der Waals surface area contributed by atoms with Crippen molar-refractivity contribution in [2.45, 2.75) is 47.6 Å². The van der Waals surface area contributed by atoms with E-state index in [-0.39, 0.29) is 0 Å². The molecular weight excluding hydrogens is 184 g/mol. The third-order valence-corrected chi connectivity index (χ3v) is 2.67. The summed E-state index contributed by atoms with van der Waals surface area (Å²) in [7, 11) is 2.22. The Labute approximate surface area is 96.4 Å². The van der Waals surface area contributed by atoms with E-state index in [2.05, 4.69) is 58.8 Å². The van der Waals surface area contributed by atoms with Crippen LogP contribution in [0.15, 0.2) is 0 Å². The van der Waals surface area contributed by atoms with Crippen LogP contribution in [0.3, 0.4) is 0 Å². The van der Waals surface area contributed by atoms with Crippen molar-refractivity contribution >= 4 is 0 Å². The molecule has 0 radical (unpaired) electrons. The fraction of sp³-hybridized carbons (Fsp3) is 1.00. The number of hydrogen-bond acceptors (Lipinski definition) is 2. The van der Waals surface area contributed by atoms with E-state index >= 15 is 0 Å². The Bertz CT molecular complexity index is 158. The summed E-state index contributed by atoms with van der Waals surface area (Å²) in [6.07, 6.45) is 0. The van der Waals surface area contributed by atoms with Crippen LogP contribution in [0, 0.1) is 11.3 Å². The lowest BCUT2D eigenvalue weighted by molar-refractivity contribution is 0.186. The fourth-order valence-corrected chi connectivity index (χ4v) is 1.90. The van der Waals surface area contributed by atoms with Gasteiger partial charge in [0.2, 0.25) is 0 Å². The van der Waals surface area contributed by atoms with E-state index in [4.69, 9.17) is 0 Å². The molecule has 1 atom stereocenters. The number of hydrogen-bond donors (Lipinski definition) is 1. The van der Waals surface area contributed by atoms with Gasteiger partial charge in [0, 0.05) is 19.1 Å². The van der Waals surface area contributed by atoms with Crippen molar-refractivity contribution in [1.29, 1.82) is 0 Å². The Morgan fingerprint density at radius 2 is 1.67 bits per heavy atom. The first-order chi connectivity index (χ1) is 6.77. The van der Waals surface area contributed by atoms with Gasteiger partial charge in [-0.2, -0.15) is 0 Å². The highest BCUT2D eigenvalue weighted by Crippen LogP contribution is 2.20. The quantitative estimate of drug-likeness (QED) is 0.731. The summed E-state index contributed by atoms with van der Waals surface area (Å²) in [5.74, 6) is 0.747. The summed E-state index contributed by atoms with van der Waals surface area (Å²) in [6.45, 7) is 17.0. The third-order valence-electron chi connectivity index (χ3n) is 2.67. The molecule has 0 aromatic heterocycles. The lowest BCUT2D eigenvalue weighted by Crippen LogP contribution is -2.48. The van der Waals surface area contributed by atoms with Gasteiger partial charge in [-0.3, -0.25) is 0 Å². The maximum Gasteiger partial charge on any atom is 0.0243 e. The maximum absolute atomic E-state index is 3.59. The van der Waals surface area contributed by atoms with Gasteiger partial charge in [0.05, 0.1) is 0 Å². The number of likely N-dealkylation sites (N-methyl/N-ethyl adjacent to an activating group) is 2. The van der Waals surface area contributed by atoms with Crippen molar-refractivity contribution in [1.82, 2.24) is 10.2 Å². The molecule has 0 rings (SSSR count). The van der Waals surface area contributed by atoms with E-state index in [0.29, 0.717) is 11.5 Å². The fourth-order valence-electron chi connectivity index (χ4n) is 1.90. The molecule has 15 heavy (non-hydrogen) atoms. The monoisotopic (exact) mass is 214 g/mol. The van der Waals surface area contributed by atoms with Crippen LogP contribution in [0.2, 0.25) is 0 Å². The molecule has 1 N–H and O–H groups in total. The van der Waals surface area contributed by atoms with Gasteiger partial charge in [-0.1, -0.05) is 41.5 Å². The average molecular weight is 214 g/mol. The molecule has 0 fully saturated rings. The standard InChI is InChI=1S/C13H30N2/c1-8-14-12(13(4,5)6)10-15(7)9-11(2)3/h11-12,14H,8-10H2,1-7H3. The first-order valence-corrected chi connectivity index (χ1v) is 6.19. The van der Waals surface area contributed by atoms with Gasteiger partial charge in [-0.15, -0.1) is 0 Å². The maximum atomic E-state index is 3.59. The Kier molecular flexibility index (Phi) is 6.46. The summed E-state index contributed by atoms with van der Waals surface area (Å²) in [5, 5.41) is 3.59. The normalized spacial score (nSPS) is 15.0. The second-order valence-corrected chi connectivity index (χ2v) is 6.09. The van der Waals surface area contributed by atoms with Crippen molar-refractivity contribution in [2.75, 3.05) is 26.7 Å². The van der Waals surface area contributed by atoms with Crippen molar-refractivity contribution in [3.63, 3.8) is 0 Å². The molecule has 0 amide bonds. The summed E-state index contributed by atoms with van der Waals surface area (Å²) in [4.78, 5) is 2.43. The Morgan fingerprint density at radius 1 is 1.13 bits per heavy atom. The molecular formula is C13H30N2. The van der Waals surface area contributed by atoms with Gasteiger partial charge >= 0.3 is 0 Å². The van der Waals surface area contributed by atoms with Crippen LogP contribution >= 0.6 is 0 Å². The summed E-state index contributed by atoms with van der Waals surface area (Å²) in [6, 6.07) is 0.575. The molecule has 0 aromatic rings. The molecule has 2 heteroatoms. The minimum atomic E-state index is 0.335. The highest BCUT2D eigenvalue weighted by molar-refractivity contribution is 4.82. The van der Waals surface area contributed by atoms with Gasteiger partial charge in [-0.05, 0) is 24.9 Å². The highest BCUT2D eigenvalue weighted by Gasteiger charge is 2.24. The zero-order valence-corrected chi connectivity index (χ0v) is 11.7. The van der Waals surface area contributed by atoms with Crippen LogP contribution in [-0.2, 0) is 0 Å². The summed E-state index contributed by atoms with van der Waals surface area (Å²) in [5.41, 5.74) is 0.335. The van der Waals surface area contributed by atoms with E-state index in [0.717, 1.165) is 19.0 Å². The summed E-state index contributed by atoms with van der Waals surface area (Å²) < 4.78 is 0. The molecule has 0 spiro atoms.